The Bertz CT molecular complexity index is 847. The highest BCUT2D eigenvalue weighted by molar-refractivity contribution is 7.08. The fourth-order valence-corrected chi connectivity index (χ4v) is 4.01. The first kappa shape index (κ1) is 16.9. The van der Waals surface area contributed by atoms with Crippen LogP contribution in [0.15, 0.2) is 65.5 Å². The van der Waals surface area contributed by atoms with Crippen LogP contribution in [0.3, 0.4) is 0 Å². The highest BCUT2D eigenvalue weighted by Crippen LogP contribution is 2.23. The average Bonchev–Trinajstić information content (AvgIpc) is 3.35. The Balaban J connectivity index is 1.31. The SMILES string of the molecule is O=C(NC1CCN(Cc2ccc(-c3ccsc3)cc2)C1)c1ccccn1. The Kier molecular flexibility index (Phi) is 5.09. The molecule has 0 aliphatic carbocycles. The van der Waals surface area contributed by atoms with Gasteiger partial charge >= 0.3 is 0 Å². The van der Waals surface area contributed by atoms with E-state index in [-0.39, 0.29) is 11.9 Å². The summed E-state index contributed by atoms with van der Waals surface area (Å²) in [6.07, 6.45) is 2.63. The van der Waals surface area contributed by atoms with E-state index in [0.29, 0.717) is 5.69 Å². The largest absolute Gasteiger partial charge is 0.347 e. The van der Waals surface area contributed by atoms with Crippen LogP contribution in [-0.4, -0.2) is 34.9 Å². The van der Waals surface area contributed by atoms with Crippen LogP contribution in [-0.2, 0) is 6.54 Å². The molecule has 3 aromatic rings. The third-order valence-corrected chi connectivity index (χ3v) is 5.40. The molecule has 0 bridgehead atoms. The number of amides is 1. The Morgan fingerprint density at radius 1 is 1.15 bits per heavy atom. The van der Waals surface area contributed by atoms with E-state index in [1.807, 2.05) is 12.1 Å². The van der Waals surface area contributed by atoms with Gasteiger partial charge in [-0.2, -0.15) is 11.3 Å². The maximum Gasteiger partial charge on any atom is 0.270 e. The summed E-state index contributed by atoms with van der Waals surface area (Å²) in [7, 11) is 0. The van der Waals surface area contributed by atoms with Crippen LogP contribution in [0.2, 0.25) is 0 Å². The van der Waals surface area contributed by atoms with Crippen LogP contribution < -0.4 is 5.32 Å². The topological polar surface area (TPSA) is 45.2 Å². The molecule has 1 aliphatic rings. The predicted octanol–water partition coefficient (Wildman–Crippen LogP) is 3.81. The third kappa shape index (κ3) is 4.00. The molecule has 132 valence electrons. The van der Waals surface area contributed by atoms with Gasteiger partial charge in [-0.25, -0.2) is 0 Å². The molecule has 1 fully saturated rings. The molecule has 26 heavy (non-hydrogen) atoms. The summed E-state index contributed by atoms with van der Waals surface area (Å²) in [5, 5.41) is 7.37. The first-order valence-electron chi connectivity index (χ1n) is 8.84. The van der Waals surface area contributed by atoms with Crippen LogP contribution >= 0.6 is 11.3 Å². The molecular weight excluding hydrogens is 342 g/mol. The molecule has 2 aromatic heterocycles. The fraction of sp³-hybridized carbons (Fsp3) is 0.238. The van der Waals surface area contributed by atoms with Gasteiger partial charge in [0, 0.05) is 31.9 Å². The van der Waals surface area contributed by atoms with Gasteiger partial charge in [0.05, 0.1) is 0 Å². The molecule has 1 unspecified atom stereocenters. The minimum absolute atomic E-state index is 0.0856. The first-order chi connectivity index (χ1) is 12.8. The minimum Gasteiger partial charge on any atom is -0.347 e. The van der Waals surface area contributed by atoms with Gasteiger partial charge in [0.15, 0.2) is 0 Å². The zero-order valence-electron chi connectivity index (χ0n) is 14.5. The van der Waals surface area contributed by atoms with Gasteiger partial charge in [-0.1, -0.05) is 30.3 Å². The second kappa shape index (κ2) is 7.81. The summed E-state index contributed by atoms with van der Waals surface area (Å²) in [6, 6.07) is 16.5. The maximum atomic E-state index is 12.2. The molecule has 4 nitrogen and oxygen atoms in total. The van der Waals surface area contributed by atoms with Crippen LogP contribution in [0.4, 0.5) is 0 Å². The first-order valence-corrected chi connectivity index (χ1v) is 9.78. The van der Waals surface area contributed by atoms with E-state index in [4.69, 9.17) is 0 Å². The molecule has 1 atom stereocenters. The van der Waals surface area contributed by atoms with Crippen molar-refractivity contribution in [2.24, 2.45) is 0 Å². The van der Waals surface area contributed by atoms with Crippen LogP contribution in [0.1, 0.15) is 22.5 Å². The van der Waals surface area contributed by atoms with Gasteiger partial charge in [-0.05, 0) is 52.1 Å². The molecule has 0 saturated carbocycles. The summed E-state index contributed by atoms with van der Waals surface area (Å²) in [4.78, 5) is 18.7. The lowest BCUT2D eigenvalue weighted by atomic mass is 10.1. The lowest BCUT2D eigenvalue weighted by Gasteiger charge is -2.17. The lowest BCUT2D eigenvalue weighted by molar-refractivity contribution is 0.0932. The van der Waals surface area contributed by atoms with Crippen molar-refractivity contribution in [3.8, 4) is 11.1 Å². The Labute approximate surface area is 157 Å². The monoisotopic (exact) mass is 363 g/mol. The van der Waals surface area contributed by atoms with E-state index < -0.39 is 0 Å². The van der Waals surface area contributed by atoms with Gasteiger partial charge in [-0.3, -0.25) is 14.7 Å². The second-order valence-corrected chi connectivity index (χ2v) is 7.40. The highest BCUT2D eigenvalue weighted by Gasteiger charge is 2.24. The molecular formula is C21H21N3OS. The van der Waals surface area contributed by atoms with Crippen molar-refractivity contribution in [3.63, 3.8) is 0 Å². The molecule has 5 heteroatoms. The molecule has 1 aromatic carbocycles. The molecule has 1 N–H and O–H groups in total. The van der Waals surface area contributed by atoms with E-state index in [2.05, 4.69) is 56.3 Å². The number of hydrogen-bond acceptors (Lipinski definition) is 4. The van der Waals surface area contributed by atoms with Gasteiger partial charge < -0.3 is 5.32 Å². The third-order valence-electron chi connectivity index (χ3n) is 4.72. The van der Waals surface area contributed by atoms with E-state index in [9.17, 15) is 4.79 Å². The molecule has 0 spiro atoms. The number of nitrogens with one attached hydrogen (secondary N) is 1. The zero-order chi connectivity index (χ0) is 17.8. The van der Waals surface area contributed by atoms with E-state index in [1.165, 1.54) is 16.7 Å². The summed E-state index contributed by atoms with van der Waals surface area (Å²) in [5.74, 6) is -0.0856. The van der Waals surface area contributed by atoms with Crippen molar-refractivity contribution >= 4 is 17.2 Å². The fourth-order valence-electron chi connectivity index (χ4n) is 3.34. The summed E-state index contributed by atoms with van der Waals surface area (Å²) in [5.41, 5.74) is 4.33. The Morgan fingerprint density at radius 3 is 2.77 bits per heavy atom. The van der Waals surface area contributed by atoms with Crippen LogP contribution in [0, 0.1) is 0 Å². The standard InChI is InChI=1S/C21H21N3OS/c25-21(20-3-1-2-10-22-20)23-19-8-11-24(14-19)13-16-4-6-17(7-5-16)18-9-12-26-15-18/h1-7,9-10,12,15,19H,8,11,13-14H2,(H,23,25). The highest BCUT2D eigenvalue weighted by atomic mass is 32.1. The number of aromatic nitrogens is 1. The van der Waals surface area contributed by atoms with E-state index in [1.54, 1.807) is 23.6 Å². The van der Waals surface area contributed by atoms with Crippen molar-refractivity contribution in [1.82, 2.24) is 15.2 Å². The van der Waals surface area contributed by atoms with Crippen molar-refractivity contribution in [3.05, 3.63) is 76.7 Å². The number of carbonyl (C=O) groups is 1. The van der Waals surface area contributed by atoms with Crippen LogP contribution in [0.25, 0.3) is 11.1 Å². The van der Waals surface area contributed by atoms with Crippen molar-refractivity contribution < 1.29 is 4.79 Å². The zero-order valence-corrected chi connectivity index (χ0v) is 15.3. The molecule has 0 radical (unpaired) electrons. The number of likely N-dealkylation sites (tertiary alicyclic amines) is 1. The Hall–Kier alpha value is -2.50. The number of benzene rings is 1. The van der Waals surface area contributed by atoms with Crippen molar-refractivity contribution in [1.29, 1.82) is 0 Å². The molecule has 4 rings (SSSR count). The number of pyridine rings is 1. The normalized spacial score (nSPS) is 17.3. The van der Waals surface area contributed by atoms with Gasteiger partial charge in [0.2, 0.25) is 0 Å². The second-order valence-electron chi connectivity index (χ2n) is 6.62. The lowest BCUT2D eigenvalue weighted by Crippen LogP contribution is -2.37. The predicted molar refractivity (Wildman–Crippen MR) is 105 cm³/mol. The summed E-state index contributed by atoms with van der Waals surface area (Å²) >= 11 is 1.72. The van der Waals surface area contributed by atoms with Crippen LogP contribution in [0.5, 0.6) is 0 Å². The number of nitrogens with zero attached hydrogens (tertiary/aromatic N) is 2. The van der Waals surface area contributed by atoms with Crippen molar-refractivity contribution in [2.75, 3.05) is 13.1 Å². The van der Waals surface area contributed by atoms with Gasteiger partial charge in [0.1, 0.15) is 5.69 Å². The number of hydrogen-bond donors (Lipinski definition) is 1. The average molecular weight is 363 g/mol. The molecule has 1 saturated heterocycles. The maximum absolute atomic E-state index is 12.2. The number of carbonyl (C=O) groups excluding carboxylic acids is 1. The summed E-state index contributed by atoms with van der Waals surface area (Å²) in [6.45, 7) is 2.80. The number of rotatable bonds is 5. The smallest absolute Gasteiger partial charge is 0.270 e. The molecule has 1 aliphatic heterocycles. The van der Waals surface area contributed by atoms with Crippen molar-refractivity contribution in [2.45, 2.75) is 19.0 Å². The van der Waals surface area contributed by atoms with E-state index in [0.717, 1.165) is 26.1 Å². The Morgan fingerprint density at radius 2 is 2.04 bits per heavy atom. The number of thiophene rings is 1. The minimum atomic E-state index is -0.0856. The molecule has 3 heterocycles. The summed E-state index contributed by atoms with van der Waals surface area (Å²) < 4.78 is 0. The molecule has 1 amide bonds. The van der Waals surface area contributed by atoms with E-state index >= 15 is 0 Å². The quantitative estimate of drug-likeness (QED) is 0.750. The van der Waals surface area contributed by atoms with Gasteiger partial charge in [-0.15, -0.1) is 0 Å². The van der Waals surface area contributed by atoms with Gasteiger partial charge in [0.25, 0.3) is 5.91 Å².